The fraction of sp³-hybridized carbons (Fsp3) is 0.500. The van der Waals surface area contributed by atoms with Crippen LogP contribution in [0.2, 0.25) is 0 Å². The van der Waals surface area contributed by atoms with E-state index in [1.807, 2.05) is 12.3 Å². The molecule has 0 spiro atoms. The average molecular weight is 316 g/mol. The molecule has 1 aromatic heterocycles. The number of halogens is 1. The topological polar surface area (TPSA) is 52.2 Å². The third-order valence-corrected chi connectivity index (χ3v) is 4.26. The van der Waals surface area contributed by atoms with Gasteiger partial charge < -0.3 is 15.6 Å². The van der Waals surface area contributed by atoms with E-state index in [0.717, 1.165) is 48.8 Å². The van der Waals surface area contributed by atoms with Gasteiger partial charge in [0.25, 0.3) is 0 Å². The summed E-state index contributed by atoms with van der Waals surface area (Å²) in [6.45, 7) is 4.64. The van der Waals surface area contributed by atoms with Crippen LogP contribution < -0.4 is 10.6 Å². The molecule has 4 nitrogen and oxygen atoms in total. The van der Waals surface area contributed by atoms with Gasteiger partial charge in [-0.05, 0) is 49.4 Å². The summed E-state index contributed by atoms with van der Waals surface area (Å²) in [4.78, 5) is 7.76. The quantitative estimate of drug-likeness (QED) is 0.543. The molecule has 0 radical (unpaired) electrons. The summed E-state index contributed by atoms with van der Waals surface area (Å²) in [5.74, 6) is 1.59. The van der Waals surface area contributed by atoms with Crippen molar-refractivity contribution in [2.24, 2.45) is 10.9 Å². The average Bonchev–Trinajstić information content (AvgIpc) is 3.28. The number of fused-ring (bicyclic) bond motifs is 1. The third-order valence-electron chi connectivity index (χ3n) is 4.26. The van der Waals surface area contributed by atoms with Crippen LogP contribution in [0.5, 0.6) is 0 Å². The molecular weight excluding hydrogens is 291 g/mol. The zero-order chi connectivity index (χ0) is 16.1. The largest absolute Gasteiger partial charge is 0.361 e. The summed E-state index contributed by atoms with van der Waals surface area (Å²) in [5, 5.41) is 7.75. The number of hydrogen-bond donors (Lipinski definition) is 3. The molecule has 0 amide bonds. The van der Waals surface area contributed by atoms with Crippen LogP contribution >= 0.6 is 0 Å². The lowest BCUT2D eigenvalue weighted by Crippen LogP contribution is -2.38. The van der Waals surface area contributed by atoms with E-state index in [1.54, 1.807) is 0 Å². The smallest absolute Gasteiger partial charge is 0.191 e. The number of aromatic amines is 1. The van der Waals surface area contributed by atoms with Crippen molar-refractivity contribution in [1.29, 1.82) is 0 Å². The molecule has 3 N–H and O–H groups in total. The molecule has 0 atom stereocenters. The van der Waals surface area contributed by atoms with E-state index in [-0.39, 0.29) is 5.82 Å². The molecule has 0 saturated heterocycles. The number of nitrogens with zero attached hydrogens (tertiary/aromatic N) is 1. The number of H-pyrrole nitrogens is 1. The van der Waals surface area contributed by atoms with Crippen LogP contribution in [0.4, 0.5) is 4.39 Å². The molecule has 1 aliphatic rings. The predicted octanol–water partition coefficient (Wildman–Crippen LogP) is 3.20. The Balaban J connectivity index is 1.52. The summed E-state index contributed by atoms with van der Waals surface area (Å²) in [6.07, 6.45) is 6.79. The van der Waals surface area contributed by atoms with E-state index in [4.69, 9.17) is 0 Å². The van der Waals surface area contributed by atoms with Crippen molar-refractivity contribution in [1.82, 2.24) is 15.6 Å². The molecule has 23 heavy (non-hydrogen) atoms. The standard InChI is InChI=1S/C18H25FN4/c1-2-20-18(21-9-7-13-3-4-13)22-10-8-14-12-23-17-11-15(19)5-6-16(14)17/h5-6,11-13,23H,2-4,7-10H2,1H3,(H2,20,21,22). The van der Waals surface area contributed by atoms with E-state index in [2.05, 4.69) is 27.5 Å². The van der Waals surface area contributed by atoms with Crippen LogP contribution in [-0.2, 0) is 6.42 Å². The van der Waals surface area contributed by atoms with Gasteiger partial charge in [0.1, 0.15) is 5.82 Å². The highest BCUT2D eigenvalue weighted by atomic mass is 19.1. The molecule has 0 bridgehead atoms. The van der Waals surface area contributed by atoms with Crippen LogP contribution in [0.25, 0.3) is 10.9 Å². The molecule has 2 aromatic rings. The van der Waals surface area contributed by atoms with E-state index in [0.29, 0.717) is 0 Å². The monoisotopic (exact) mass is 316 g/mol. The maximum Gasteiger partial charge on any atom is 0.191 e. The van der Waals surface area contributed by atoms with Crippen LogP contribution in [0, 0.1) is 11.7 Å². The van der Waals surface area contributed by atoms with Gasteiger partial charge in [-0.25, -0.2) is 4.39 Å². The third kappa shape index (κ3) is 4.47. The highest BCUT2D eigenvalue weighted by Gasteiger charge is 2.20. The fourth-order valence-electron chi connectivity index (χ4n) is 2.79. The Morgan fingerprint density at radius 3 is 3.00 bits per heavy atom. The summed E-state index contributed by atoms with van der Waals surface area (Å²) >= 11 is 0. The van der Waals surface area contributed by atoms with Gasteiger partial charge in [-0.1, -0.05) is 12.8 Å². The second-order valence-electron chi connectivity index (χ2n) is 6.17. The van der Waals surface area contributed by atoms with Gasteiger partial charge in [0, 0.05) is 36.7 Å². The fourth-order valence-corrected chi connectivity index (χ4v) is 2.79. The molecule has 1 saturated carbocycles. The maximum atomic E-state index is 13.2. The van der Waals surface area contributed by atoms with Crippen LogP contribution in [0.1, 0.15) is 31.7 Å². The SMILES string of the molecule is CCNC(=NCCC1CC1)NCCc1c[nH]c2cc(F)ccc12. The Labute approximate surface area is 136 Å². The number of benzene rings is 1. The van der Waals surface area contributed by atoms with Crippen molar-refractivity contribution in [2.75, 3.05) is 19.6 Å². The summed E-state index contributed by atoms with van der Waals surface area (Å²) < 4.78 is 13.2. The van der Waals surface area contributed by atoms with E-state index in [9.17, 15) is 4.39 Å². The van der Waals surface area contributed by atoms with Crippen molar-refractivity contribution in [3.8, 4) is 0 Å². The van der Waals surface area contributed by atoms with Crippen molar-refractivity contribution in [2.45, 2.75) is 32.6 Å². The Kier molecular flexibility index (Phi) is 5.16. The van der Waals surface area contributed by atoms with E-state index >= 15 is 0 Å². The lowest BCUT2D eigenvalue weighted by atomic mass is 10.1. The van der Waals surface area contributed by atoms with E-state index in [1.165, 1.54) is 37.0 Å². The van der Waals surface area contributed by atoms with Gasteiger partial charge in [0.05, 0.1) is 0 Å². The molecule has 5 heteroatoms. The van der Waals surface area contributed by atoms with Gasteiger partial charge in [-0.2, -0.15) is 0 Å². The second-order valence-corrected chi connectivity index (χ2v) is 6.17. The first-order chi connectivity index (χ1) is 11.3. The van der Waals surface area contributed by atoms with Gasteiger partial charge in [-0.15, -0.1) is 0 Å². The normalized spacial score (nSPS) is 15.1. The van der Waals surface area contributed by atoms with Crippen LogP contribution in [-0.4, -0.2) is 30.6 Å². The Bertz CT molecular complexity index is 673. The lowest BCUT2D eigenvalue weighted by molar-refractivity contribution is 0.629. The molecule has 0 unspecified atom stereocenters. The lowest BCUT2D eigenvalue weighted by Gasteiger charge is -2.11. The van der Waals surface area contributed by atoms with Gasteiger partial charge in [0.2, 0.25) is 0 Å². The summed E-state index contributed by atoms with van der Waals surface area (Å²) in [5.41, 5.74) is 2.05. The zero-order valence-electron chi connectivity index (χ0n) is 13.7. The van der Waals surface area contributed by atoms with Crippen LogP contribution in [0.3, 0.4) is 0 Å². The first-order valence-electron chi connectivity index (χ1n) is 8.54. The Hall–Kier alpha value is -2.04. The van der Waals surface area contributed by atoms with Crippen molar-refractivity contribution in [3.63, 3.8) is 0 Å². The number of aliphatic imine (C=N–C) groups is 1. The Morgan fingerprint density at radius 2 is 2.22 bits per heavy atom. The number of rotatable bonds is 7. The van der Waals surface area contributed by atoms with Gasteiger partial charge in [0.15, 0.2) is 5.96 Å². The molecule has 1 aliphatic carbocycles. The van der Waals surface area contributed by atoms with Crippen molar-refractivity contribution in [3.05, 3.63) is 35.8 Å². The van der Waals surface area contributed by atoms with Crippen LogP contribution in [0.15, 0.2) is 29.4 Å². The number of aromatic nitrogens is 1. The molecule has 1 fully saturated rings. The molecular formula is C18H25FN4. The molecule has 3 rings (SSSR count). The highest BCUT2D eigenvalue weighted by molar-refractivity contribution is 5.83. The first-order valence-corrected chi connectivity index (χ1v) is 8.54. The van der Waals surface area contributed by atoms with Gasteiger partial charge >= 0.3 is 0 Å². The molecule has 1 aromatic carbocycles. The van der Waals surface area contributed by atoms with Crippen molar-refractivity contribution >= 4 is 16.9 Å². The molecule has 0 aliphatic heterocycles. The van der Waals surface area contributed by atoms with Gasteiger partial charge in [-0.3, -0.25) is 4.99 Å². The maximum absolute atomic E-state index is 13.2. The summed E-state index contributed by atoms with van der Waals surface area (Å²) in [7, 11) is 0. The highest BCUT2D eigenvalue weighted by Crippen LogP contribution is 2.32. The molecule has 124 valence electrons. The summed E-state index contributed by atoms with van der Waals surface area (Å²) in [6, 6.07) is 4.89. The Morgan fingerprint density at radius 1 is 1.35 bits per heavy atom. The zero-order valence-corrected chi connectivity index (χ0v) is 13.7. The molecule has 1 heterocycles. The van der Waals surface area contributed by atoms with E-state index < -0.39 is 0 Å². The second kappa shape index (κ2) is 7.49. The van der Waals surface area contributed by atoms with Crippen molar-refractivity contribution < 1.29 is 4.39 Å². The number of guanidine groups is 1. The number of hydrogen-bond acceptors (Lipinski definition) is 1. The predicted molar refractivity (Wildman–Crippen MR) is 93.3 cm³/mol. The number of nitrogens with one attached hydrogen (secondary N) is 3. The first kappa shape index (κ1) is 15.8. The minimum Gasteiger partial charge on any atom is -0.361 e. The minimum absolute atomic E-state index is 0.207. The minimum atomic E-state index is -0.207.